The molecule has 2 aliphatic heterocycles. The Morgan fingerprint density at radius 3 is 1.10 bits per heavy atom. The van der Waals surface area contributed by atoms with Crippen molar-refractivity contribution in [2.45, 2.75) is 78.6 Å². The average Bonchev–Trinajstić information content (AvgIpc) is 0.727. The molecule has 1 aromatic heterocycles. The molecule has 17 rings (SSSR count). The Kier molecular flexibility index (Phi) is 13.7. The highest BCUT2D eigenvalue weighted by Gasteiger charge is 2.46. The molecule has 0 atom stereocenters. The molecular weight excluding hydrogens is 1160 g/mol. The number of fused-ring (bicyclic) bond motifs is 9. The van der Waals surface area contributed by atoms with Crippen LogP contribution in [0.3, 0.4) is 0 Å². The van der Waals surface area contributed by atoms with Crippen LogP contribution in [-0.2, 0) is 16.2 Å². The zero-order chi connectivity index (χ0) is 65.4. The summed E-state index contributed by atoms with van der Waals surface area (Å²) in [7, 11) is 0. The molecule has 3 heterocycles. The van der Waals surface area contributed by atoms with Crippen LogP contribution < -0.4 is 26.2 Å². The number of nitrogens with zero attached hydrogens (tertiary/aromatic N) is 3. The summed E-state index contributed by atoms with van der Waals surface area (Å²) in [6.07, 6.45) is 0. The first-order valence-corrected chi connectivity index (χ1v) is 34.1. The van der Waals surface area contributed by atoms with Crippen LogP contribution in [0.5, 0.6) is 0 Å². The van der Waals surface area contributed by atoms with Crippen molar-refractivity contribution in [3.8, 4) is 61.3 Å². The van der Waals surface area contributed by atoms with E-state index in [1.54, 1.807) is 0 Å². The van der Waals surface area contributed by atoms with Crippen molar-refractivity contribution in [3.05, 3.63) is 314 Å². The predicted octanol–water partition coefficient (Wildman–Crippen LogP) is 23.4. The molecule has 0 fully saturated rings. The standard InChI is InChI=1S/C92H76BN3/c1-90(2,3)63-46-51-81(75(54-63)60-31-15-11-16-32-60)95-83-53-62(87-71-39-21-23-41-73(71)88(74-42-24-22-40-72(74)87)70-38-20-19-35-67(70)59-29-13-10-14-30-59)45-49-77(83)93-78-50-48-66(94-79-43-27-25-36-68(79)69-37-26-28-44-80(69)94)58-84(78)96(86-57-65(92(7,8)9)56-85(95)89(86)93)82-52-47-64(91(4,5)6)55-76(82)61-33-17-12-18-34-61/h10-58H,1-9H3. The number of anilines is 6. The van der Waals surface area contributed by atoms with Crippen LogP contribution in [0, 0.1) is 0 Å². The molecule has 0 saturated heterocycles. The van der Waals surface area contributed by atoms with E-state index in [1.165, 1.54) is 149 Å². The summed E-state index contributed by atoms with van der Waals surface area (Å²) in [5.74, 6) is 0. The van der Waals surface area contributed by atoms with Gasteiger partial charge in [-0.15, -0.1) is 0 Å². The van der Waals surface area contributed by atoms with Crippen molar-refractivity contribution >= 4 is 101 Å². The normalized spacial score (nSPS) is 13.0. The smallest absolute Gasteiger partial charge is 0.252 e. The van der Waals surface area contributed by atoms with E-state index in [-0.39, 0.29) is 23.0 Å². The third-order valence-corrected chi connectivity index (χ3v) is 20.6. The van der Waals surface area contributed by atoms with E-state index in [9.17, 15) is 0 Å². The first-order chi connectivity index (χ1) is 46.6. The first-order valence-electron chi connectivity index (χ1n) is 34.1. The van der Waals surface area contributed by atoms with Gasteiger partial charge in [-0.2, -0.15) is 0 Å². The summed E-state index contributed by atoms with van der Waals surface area (Å²) < 4.78 is 2.49. The Hall–Kier alpha value is -10.9. The molecule has 0 N–H and O–H groups in total. The molecule has 0 unspecified atom stereocenters. The van der Waals surface area contributed by atoms with Crippen molar-refractivity contribution in [1.29, 1.82) is 0 Å². The third-order valence-electron chi connectivity index (χ3n) is 20.6. The topological polar surface area (TPSA) is 11.4 Å². The van der Waals surface area contributed by atoms with E-state index in [0.717, 1.165) is 22.7 Å². The lowest BCUT2D eigenvalue weighted by atomic mass is 9.33. The van der Waals surface area contributed by atoms with Gasteiger partial charge in [0.1, 0.15) is 0 Å². The maximum atomic E-state index is 2.68. The van der Waals surface area contributed by atoms with Gasteiger partial charge in [-0.1, -0.05) is 293 Å². The summed E-state index contributed by atoms with van der Waals surface area (Å²) in [5, 5.41) is 7.37. The zero-order valence-electron chi connectivity index (χ0n) is 56.2. The maximum absolute atomic E-state index is 2.68. The van der Waals surface area contributed by atoms with E-state index in [2.05, 4.69) is 374 Å². The molecule has 3 nitrogen and oxygen atoms in total. The zero-order valence-corrected chi connectivity index (χ0v) is 56.2. The second-order valence-electron chi connectivity index (χ2n) is 29.6. The lowest BCUT2D eigenvalue weighted by Crippen LogP contribution is -2.61. The monoisotopic (exact) mass is 1230 g/mol. The summed E-state index contributed by atoms with van der Waals surface area (Å²) >= 11 is 0. The summed E-state index contributed by atoms with van der Waals surface area (Å²) in [5.41, 5.74) is 29.7. The fourth-order valence-corrected chi connectivity index (χ4v) is 15.8. The Labute approximate surface area is 565 Å². The number of para-hydroxylation sites is 2. The van der Waals surface area contributed by atoms with Crippen molar-refractivity contribution in [3.63, 3.8) is 0 Å². The summed E-state index contributed by atoms with van der Waals surface area (Å²) in [6, 6.07) is 113. The summed E-state index contributed by atoms with van der Waals surface area (Å²) in [4.78, 5) is 5.35. The minimum absolute atomic E-state index is 0.0988. The molecule has 0 aliphatic carbocycles. The summed E-state index contributed by atoms with van der Waals surface area (Å²) in [6.45, 7) is 21.0. The van der Waals surface area contributed by atoms with Crippen LogP contribution in [0.1, 0.15) is 79.0 Å². The highest BCUT2D eigenvalue weighted by Crippen LogP contribution is 2.53. The highest BCUT2D eigenvalue weighted by molar-refractivity contribution is 7.00. The molecular formula is C92H76BN3. The Bertz CT molecular complexity index is 5490. The van der Waals surface area contributed by atoms with Gasteiger partial charge in [0.2, 0.25) is 0 Å². The number of benzene rings is 14. The molecule has 0 spiro atoms. The van der Waals surface area contributed by atoms with Crippen LogP contribution in [0.15, 0.2) is 297 Å². The van der Waals surface area contributed by atoms with Crippen LogP contribution in [-0.4, -0.2) is 11.3 Å². The molecule has 4 heteroatoms. The van der Waals surface area contributed by atoms with Gasteiger partial charge in [-0.25, -0.2) is 0 Å². The molecule has 0 amide bonds. The van der Waals surface area contributed by atoms with Gasteiger partial charge >= 0.3 is 0 Å². The Morgan fingerprint density at radius 2 is 0.635 bits per heavy atom. The van der Waals surface area contributed by atoms with E-state index in [0.29, 0.717) is 0 Å². The van der Waals surface area contributed by atoms with Crippen LogP contribution in [0.25, 0.3) is 105 Å². The van der Waals surface area contributed by atoms with Crippen molar-refractivity contribution in [2.24, 2.45) is 0 Å². The molecule has 96 heavy (non-hydrogen) atoms. The van der Waals surface area contributed by atoms with Gasteiger partial charge < -0.3 is 14.4 Å². The fraction of sp³-hybridized carbons (Fsp3) is 0.130. The van der Waals surface area contributed by atoms with Crippen molar-refractivity contribution in [2.75, 3.05) is 9.80 Å². The second-order valence-corrected chi connectivity index (χ2v) is 29.6. The lowest BCUT2D eigenvalue weighted by Gasteiger charge is -2.46. The van der Waals surface area contributed by atoms with Crippen LogP contribution >= 0.6 is 0 Å². The molecule has 462 valence electrons. The highest BCUT2D eigenvalue weighted by atomic mass is 15.2. The average molecular weight is 1230 g/mol. The Balaban J connectivity index is 1.00. The first kappa shape index (κ1) is 58.9. The van der Waals surface area contributed by atoms with Gasteiger partial charge in [0.15, 0.2) is 0 Å². The Morgan fingerprint density at radius 1 is 0.250 bits per heavy atom. The van der Waals surface area contributed by atoms with Crippen LogP contribution in [0.4, 0.5) is 34.1 Å². The van der Waals surface area contributed by atoms with Crippen LogP contribution in [0.2, 0.25) is 0 Å². The third kappa shape index (κ3) is 9.55. The minimum atomic E-state index is -0.263. The molecule has 0 saturated carbocycles. The van der Waals surface area contributed by atoms with Gasteiger partial charge in [0.05, 0.1) is 22.4 Å². The molecule has 14 aromatic carbocycles. The number of hydrogen-bond acceptors (Lipinski definition) is 2. The predicted molar refractivity (Wildman–Crippen MR) is 413 cm³/mol. The molecule has 0 bridgehead atoms. The van der Waals surface area contributed by atoms with Gasteiger partial charge in [-0.3, -0.25) is 0 Å². The van der Waals surface area contributed by atoms with Gasteiger partial charge in [0.25, 0.3) is 6.71 Å². The minimum Gasteiger partial charge on any atom is -0.311 e. The lowest BCUT2D eigenvalue weighted by molar-refractivity contribution is 0.590. The van der Waals surface area contributed by atoms with Gasteiger partial charge in [0, 0.05) is 50.3 Å². The largest absolute Gasteiger partial charge is 0.311 e. The van der Waals surface area contributed by atoms with E-state index >= 15 is 0 Å². The molecule has 0 radical (unpaired) electrons. The number of hydrogen-bond donors (Lipinski definition) is 0. The number of rotatable bonds is 8. The van der Waals surface area contributed by atoms with E-state index in [4.69, 9.17) is 0 Å². The van der Waals surface area contributed by atoms with Crippen molar-refractivity contribution in [1.82, 2.24) is 4.57 Å². The quantitative estimate of drug-likeness (QED) is 0.111. The SMILES string of the molecule is CC(C)(C)c1ccc(N2c3cc(-c4c5ccccc5c(-c5ccccc5-c5ccccc5)c5ccccc45)ccc3B3c4ccc(-n5c6ccccc6c6ccccc65)cc4N(c4ccc(C(C)(C)C)cc4-c4ccccc4)c4cc(C(C)(C)C)cc2c43)c(-c2ccccc2)c1. The number of aromatic nitrogens is 1. The molecule has 15 aromatic rings. The van der Waals surface area contributed by atoms with Crippen molar-refractivity contribution < 1.29 is 0 Å². The van der Waals surface area contributed by atoms with Gasteiger partial charge in [-0.05, 0) is 182 Å². The maximum Gasteiger partial charge on any atom is 0.252 e. The second kappa shape index (κ2) is 22.4. The van der Waals surface area contributed by atoms with E-state index < -0.39 is 0 Å². The van der Waals surface area contributed by atoms with E-state index in [1.807, 2.05) is 0 Å². The fourth-order valence-electron chi connectivity index (χ4n) is 15.8. The molecule has 2 aliphatic rings.